The lowest BCUT2D eigenvalue weighted by Crippen LogP contribution is -2.51. The van der Waals surface area contributed by atoms with Crippen molar-refractivity contribution in [3.8, 4) is 0 Å². The van der Waals surface area contributed by atoms with Crippen LogP contribution in [0, 0.1) is 11.7 Å². The summed E-state index contributed by atoms with van der Waals surface area (Å²) in [6, 6.07) is 2.91. The number of nitrogens with zero attached hydrogens (tertiary/aromatic N) is 3. The number of aromatic nitrogens is 1. The van der Waals surface area contributed by atoms with Crippen molar-refractivity contribution >= 4 is 11.8 Å². The third kappa shape index (κ3) is 3.45. The summed E-state index contributed by atoms with van der Waals surface area (Å²) in [6.45, 7) is 2.32. The maximum absolute atomic E-state index is 13.9. The number of carbonyl (C=O) groups is 2. The molecule has 3 fully saturated rings. The first-order chi connectivity index (χ1) is 12.6. The summed E-state index contributed by atoms with van der Waals surface area (Å²) >= 11 is 0. The number of pyridine rings is 1. The van der Waals surface area contributed by atoms with Gasteiger partial charge in [-0.05, 0) is 44.2 Å². The number of hydrogen-bond acceptors (Lipinski definition) is 4. The lowest BCUT2D eigenvalue weighted by Gasteiger charge is -2.38. The number of halogens is 1. The molecule has 1 aromatic heterocycles. The molecule has 140 valence electrons. The average molecular weight is 361 g/mol. The van der Waals surface area contributed by atoms with Crippen molar-refractivity contribution in [2.75, 3.05) is 26.3 Å². The van der Waals surface area contributed by atoms with E-state index in [1.54, 1.807) is 4.90 Å². The van der Waals surface area contributed by atoms with Crippen molar-refractivity contribution in [1.29, 1.82) is 0 Å². The molecule has 2 saturated heterocycles. The SMILES string of the molecule is O=C(c1ncccc1F)N1CCC(N(C(=O)C2CC2)C2CCOCC2)C1. The van der Waals surface area contributed by atoms with Gasteiger partial charge in [0.2, 0.25) is 5.91 Å². The molecule has 2 amide bonds. The molecule has 1 saturated carbocycles. The molecule has 26 heavy (non-hydrogen) atoms. The molecule has 0 spiro atoms. The highest BCUT2D eigenvalue weighted by molar-refractivity contribution is 5.92. The summed E-state index contributed by atoms with van der Waals surface area (Å²) in [5.74, 6) is -0.622. The first-order valence-corrected chi connectivity index (χ1v) is 9.45. The van der Waals surface area contributed by atoms with Gasteiger partial charge in [-0.3, -0.25) is 9.59 Å². The fourth-order valence-electron chi connectivity index (χ4n) is 4.01. The molecule has 0 aromatic carbocycles. The van der Waals surface area contributed by atoms with Gasteiger partial charge in [-0.15, -0.1) is 0 Å². The van der Waals surface area contributed by atoms with Crippen molar-refractivity contribution in [3.05, 3.63) is 29.8 Å². The van der Waals surface area contributed by atoms with Crippen molar-refractivity contribution in [2.24, 2.45) is 5.92 Å². The number of carbonyl (C=O) groups excluding carboxylic acids is 2. The minimum absolute atomic E-state index is 0.00178. The maximum atomic E-state index is 13.9. The fourth-order valence-corrected chi connectivity index (χ4v) is 4.01. The third-order valence-corrected chi connectivity index (χ3v) is 5.57. The lowest BCUT2D eigenvalue weighted by atomic mass is 10.0. The lowest BCUT2D eigenvalue weighted by molar-refractivity contribution is -0.139. The number of ether oxygens (including phenoxy) is 1. The van der Waals surface area contributed by atoms with Crippen LogP contribution >= 0.6 is 0 Å². The van der Waals surface area contributed by atoms with Crippen molar-refractivity contribution in [3.63, 3.8) is 0 Å². The summed E-state index contributed by atoms with van der Waals surface area (Å²) in [4.78, 5) is 33.1. The van der Waals surface area contributed by atoms with Crippen LogP contribution in [0.1, 0.15) is 42.6 Å². The Hall–Kier alpha value is -2.02. The first-order valence-electron chi connectivity index (χ1n) is 9.45. The number of amides is 2. The highest BCUT2D eigenvalue weighted by atomic mass is 19.1. The Morgan fingerprint density at radius 1 is 1.15 bits per heavy atom. The molecule has 0 N–H and O–H groups in total. The van der Waals surface area contributed by atoms with E-state index < -0.39 is 11.7 Å². The predicted octanol–water partition coefficient (Wildman–Crippen LogP) is 1.85. The summed E-state index contributed by atoms with van der Waals surface area (Å²) in [7, 11) is 0. The summed E-state index contributed by atoms with van der Waals surface area (Å²) < 4.78 is 19.3. The minimum atomic E-state index is -0.601. The zero-order valence-electron chi connectivity index (χ0n) is 14.8. The van der Waals surface area contributed by atoms with Crippen molar-refractivity contribution < 1.29 is 18.7 Å². The molecule has 1 aliphatic carbocycles. The van der Waals surface area contributed by atoms with Gasteiger partial charge >= 0.3 is 0 Å². The summed E-state index contributed by atoms with van der Waals surface area (Å²) in [5.41, 5.74) is -0.140. The molecule has 6 nitrogen and oxygen atoms in total. The van der Waals surface area contributed by atoms with E-state index in [-0.39, 0.29) is 29.6 Å². The zero-order valence-corrected chi connectivity index (χ0v) is 14.8. The van der Waals surface area contributed by atoms with Gasteiger partial charge in [-0.1, -0.05) is 0 Å². The third-order valence-electron chi connectivity index (χ3n) is 5.57. The van der Waals surface area contributed by atoms with Crippen LogP contribution in [0.5, 0.6) is 0 Å². The molecule has 0 radical (unpaired) electrons. The minimum Gasteiger partial charge on any atom is -0.381 e. The van der Waals surface area contributed by atoms with Gasteiger partial charge in [-0.25, -0.2) is 9.37 Å². The first kappa shape index (κ1) is 17.4. The Balaban J connectivity index is 1.48. The van der Waals surface area contributed by atoms with Gasteiger partial charge in [0.25, 0.3) is 5.91 Å². The van der Waals surface area contributed by atoms with E-state index in [1.807, 2.05) is 4.90 Å². The number of hydrogen-bond donors (Lipinski definition) is 0. The Labute approximate surface area is 152 Å². The maximum Gasteiger partial charge on any atom is 0.275 e. The van der Waals surface area contributed by atoms with Gasteiger partial charge < -0.3 is 14.5 Å². The Bertz CT molecular complexity index is 688. The van der Waals surface area contributed by atoms with Crippen LogP contribution in [0.2, 0.25) is 0 Å². The highest BCUT2D eigenvalue weighted by Crippen LogP contribution is 2.35. The van der Waals surface area contributed by atoms with E-state index in [4.69, 9.17) is 4.74 Å². The van der Waals surface area contributed by atoms with E-state index in [9.17, 15) is 14.0 Å². The van der Waals surface area contributed by atoms with Crippen LogP contribution < -0.4 is 0 Å². The molecule has 3 heterocycles. The van der Waals surface area contributed by atoms with Crippen LogP contribution in [0.25, 0.3) is 0 Å². The molecule has 1 unspecified atom stereocenters. The monoisotopic (exact) mass is 361 g/mol. The van der Waals surface area contributed by atoms with E-state index in [1.165, 1.54) is 18.3 Å². The molecule has 1 aromatic rings. The van der Waals surface area contributed by atoms with Crippen molar-refractivity contribution in [1.82, 2.24) is 14.8 Å². The normalized spacial score (nSPS) is 23.9. The summed E-state index contributed by atoms with van der Waals surface area (Å²) in [5, 5.41) is 0. The molecule has 2 aliphatic heterocycles. The molecule has 4 rings (SSSR count). The molecule has 1 atom stereocenters. The quantitative estimate of drug-likeness (QED) is 0.821. The van der Waals surface area contributed by atoms with E-state index in [2.05, 4.69) is 4.98 Å². The molecular weight excluding hydrogens is 337 g/mol. The fraction of sp³-hybridized carbons (Fsp3) is 0.632. The molecule has 3 aliphatic rings. The van der Waals surface area contributed by atoms with E-state index in [0.717, 1.165) is 32.1 Å². The smallest absolute Gasteiger partial charge is 0.275 e. The summed E-state index contributed by atoms with van der Waals surface area (Å²) in [6.07, 6.45) is 5.78. The molecular formula is C19H24FN3O3. The zero-order chi connectivity index (χ0) is 18.1. The largest absolute Gasteiger partial charge is 0.381 e. The van der Waals surface area contributed by atoms with Crippen molar-refractivity contribution in [2.45, 2.75) is 44.2 Å². The Morgan fingerprint density at radius 3 is 2.62 bits per heavy atom. The number of rotatable bonds is 4. The second kappa shape index (κ2) is 7.31. The van der Waals surface area contributed by atoms with Gasteiger partial charge in [0.05, 0.1) is 6.04 Å². The Kier molecular flexibility index (Phi) is 4.89. The second-order valence-electron chi connectivity index (χ2n) is 7.39. The van der Waals surface area contributed by atoms with E-state index in [0.29, 0.717) is 26.3 Å². The van der Waals surface area contributed by atoms with Crippen LogP contribution in [-0.2, 0) is 9.53 Å². The van der Waals surface area contributed by atoms with Gasteiger partial charge in [-0.2, -0.15) is 0 Å². The predicted molar refractivity (Wildman–Crippen MR) is 91.9 cm³/mol. The topological polar surface area (TPSA) is 62.7 Å². The van der Waals surface area contributed by atoms with Crippen LogP contribution in [-0.4, -0.2) is 65.0 Å². The average Bonchev–Trinajstić information content (AvgIpc) is 3.41. The highest BCUT2D eigenvalue weighted by Gasteiger charge is 2.42. The van der Waals surface area contributed by atoms with Crippen LogP contribution in [0.15, 0.2) is 18.3 Å². The standard InChI is InChI=1S/C19H24FN3O3/c20-16-2-1-8-21-17(16)19(25)22-9-5-15(12-22)23(18(24)13-3-4-13)14-6-10-26-11-7-14/h1-2,8,13-15H,3-7,9-12H2. The Morgan fingerprint density at radius 2 is 1.92 bits per heavy atom. The second-order valence-corrected chi connectivity index (χ2v) is 7.39. The van der Waals surface area contributed by atoms with Crippen LogP contribution in [0.3, 0.4) is 0 Å². The van der Waals surface area contributed by atoms with Crippen LogP contribution in [0.4, 0.5) is 4.39 Å². The molecule has 0 bridgehead atoms. The van der Waals surface area contributed by atoms with E-state index >= 15 is 0 Å². The van der Waals surface area contributed by atoms with Gasteiger partial charge in [0.1, 0.15) is 0 Å². The van der Waals surface area contributed by atoms with Gasteiger partial charge in [0.15, 0.2) is 11.5 Å². The molecule has 7 heteroatoms. The van der Waals surface area contributed by atoms with Gasteiger partial charge in [0, 0.05) is 44.5 Å². The number of likely N-dealkylation sites (tertiary alicyclic amines) is 1.